The summed E-state index contributed by atoms with van der Waals surface area (Å²) in [6, 6.07) is 16.2. The van der Waals surface area contributed by atoms with Crippen LogP contribution in [0.25, 0.3) is 0 Å². The SMILES string of the molecule is CCc1cccc(CC)c1N1C[C@H](C(=O)OCC(=O)c2ccc(OC(=O)c3ccc(Cl)cc3Cl)cc2)CC1=O. The van der Waals surface area contributed by atoms with Crippen LogP contribution in [-0.2, 0) is 27.2 Å². The van der Waals surface area contributed by atoms with E-state index in [-0.39, 0.29) is 40.8 Å². The Bertz CT molecular complexity index is 1400. The molecule has 0 aromatic heterocycles. The zero-order valence-electron chi connectivity index (χ0n) is 21.5. The van der Waals surface area contributed by atoms with Crippen LogP contribution in [0.3, 0.4) is 0 Å². The average molecular weight is 568 g/mol. The van der Waals surface area contributed by atoms with Gasteiger partial charge in [-0.25, -0.2) is 4.79 Å². The molecule has 0 spiro atoms. The van der Waals surface area contributed by atoms with E-state index in [1.807, 2.05) is 32.0 Å². The first-order chi connectivity index (χ1) is 18.7. The molecule has 1 fully saturated rings. The molecule has 4 rings (SSSR count). The number of hydrogen-bond donors (Lipinski definition) is 0. The highest BCUT2D eigenvalue weighted by molar-refractivity contribution is 6.36. The Balaban J connectivity index is 1.33. The normalized spacial score (nSPS) is 14.8. The topological polar surface area (TPSA) is 90.0 Å². The van der Waals surface area contributed by atoms with Crippen LogP contribution >= 0.6 is 23.2 Å². The van der Waals surface area contributed by atoms with Crippen molar-refractivity contribution in [3.05, 3.63) is 93.0 Å². The van der Waals surface area contributed by atoms with Gasteiger partial charge in [0, 0.05) is 29.2 Å². The molecule has 0 radical (unpaired) electrons. The molecular formula is C30H27Cl2NO6. The predicted molar refractivity (Wildman–Crippen MR) is 149 cm³/mol. The van der Waals surface area contributed by atoms with Gasteiger partial charge in [0.05, 0.1) is 16.5 Å². The van der Waals surface area contributed by atoms with Gasteiger partial charge >= 0.3 is 11.9 Å². The van der Waals surface area contributed by atoms with Crippen molar-refractivity contribution in [3.8, 4) is 5.75 Å². The van der Waals surface area contributed by atoms with E-state index in [0.29, 0.717) is 5.02 Å². The number of esters is 2. The molecule has 0 N–H and O–H groups in total. The predicted octanol–water partition coefficient (Wildman–Crippen LogP) is 6.12. The number of nitrogens with zero attached hydrogens (tertiary/aromatic N) is 1. The van der Waals surface area contributed by atoms with Crippen LogP contribution in [0.15, 0.2) is 60.7 Å². The average Bonchev–Trinajstić information content (AvgIpc) is 3.32. The summed E-state index contributed by atoms with van der Waals surface area (Å²) in [5.41, 5.74) is 3.41. The molecule has 1 heterocycles. The summed E-state index contributed by atoms with van der Waals surface area (Å²) in [5, 5.41) is 0.554. The van der Waals surface area contributed by atoms with Gasteiger partial charge < -0.3 is 14.4 Å². The largest absolute Gasteiger partial charge is 0.457 e. The van der Waals surface area contributed by atoms with E-state index in [2.05, 4.69) is 0 Å². The summed E-state index contributed by atoms with van der Waals surface area (Å²) in [7, 11) is 0. The van der Waals surface area contributed by atoms with Crippen LogP contribution in [0.1, 0.15) is 52.1 Å². The van der Waals surface area contributed by atoms with Gasteiger partial charge in [0.2, 0.25) is 5.91 Å². The smallest absolute Gasteiger partial charge is 0.345 e. The fourth-order valence-corrected chi connectivity index (χ4v) is 4.99. The van der Waals surface area contributed by atoms with Crippen molar-refractivity contribution in [1.29, 1.82) is 0 Å². The number of amides is 1. The van der Waals surface area contributed by atoms with E-state index < -0.39 is 30.2 Å². The first-order valence-electron chi connectivity index (χ1n) is 12.6. The molecule has 9 heteroatoms. The number of ketones is 1. The van der Waals surface area contributed by atoms with E-state index >= 15 is 0 Å². The van der Waals surface area contributed by atoms with E-state index in [4.69, 9.17) is 32.7 Å². The minimum Gasteiger partial charge on any atom is -0.457 e. The highest BCUT2D eigenvalue weighted by Gasteiger charge is 2.37. The van der Waals surface area contributed by atoms with Gasteiger partial charge in [-0.05, 0) is 66.4 Å². The van der Waals surface area contributed by atoms with Crippen molar-refractivity contribution in [2.75, 3.05) is 18.1 Å². The number of carbonyl (C=O) groups is 4. The molecule has 7 nitrogen and oxygen atoms in total. The number of halogens is 2. The highest BCUT2D eigenvalue weighted by atomic mass is 35.5. The highest BCUT2D eigenvalue weighted by Crippen LogP contribution is 2.33. The fraction of sp³-hybridized carbons (Fsp3) is 0.267. The number of benzene rings is 3. The monoisotopic (exact) mass is 567 g/mol. The summed E-state index contributed by atoms with van der Waals surface area (Å²) in [4.78, 5) is 52.2. The van der Waals surface area contributed by atoms with E-state index in [0.717, 1.165) is 29.7 Å². The van der Waals surface area contributed by atoms with Crippen LogP contribution in [0, 0.1) is 5.92 Å². The van der Waals surface area contributed by atoms with Crippen molar-refractivity contribution in [2.24, 2.45) is 5.92 Å². The Morgan fingerprint density at radius 3 is 2.23 bits per heavy atom. The van der Waals surface area contributed by atoms with Crippen molar-refractivity contribution < 1.29 is 28.7 Å². The van der Waals surface area contributed by atoms with Crippen LogP contribution in [0.4, 0.5) is 5.69 Å². The quantitative estimate of drug-likeness (QED) is 0.176. The third-order valence-corrected chi connectivity index (χ3v) is 7.12. The molecule has 1 aliphatic heterocycles. The molecule has 0 aliphatic carbocycles. The number of carbonyl (C=O) groups excluding carboxylic acids is 4. The van der Waals surface area contributed by atoms with Crippen molar-refractivity contribution in [3.63, 3.8) is 0 Å². The second-order valence-corrected chi connectivity index (χ2v) is 9.95. The molecule has 3 aromatic rings. The Labute approximate surface area is 236 Å². The van der Waals surface area contributed by atoms with Crippen molar-refractivity contribution in [2.45, 2.75) is 33.1 Å². The van der Waals surface area contributed by atoms with Gasteiger partial charge in [-0.1, -0.05) is 55.2 Å². The molecule has 1 saturated heterocycles. The van der Waals surface area contributed by atoms with Gasteiger partial charge in [0.25, 0.3) is 0 Å². The molecular weight excluding hydrogens is 541 g/mol. The molecule has 39 heavy (non-hydrogen) atoms. The molecule has 3 aromatic carbocycles. The Kier molecular flexibility index (Phi) is 9.04. The maximum absolute atomic E-state index is 12.8. The fourth-order valence-electron chi connectivity index (χ4n) is 4.51. The molecule has 1 aliphatic rings. The van der Waals surface area contributed by atoms with Crippen LogP contribution < -0.4 is 9.64 Å². The molecule has 1 amide bonds. The van der Waals surface area contributed by atoms with Crippen LogP contribution in [0.5, 0.6) is 5.75 Å². The molecule has 1 atom stereocenters. The second-order valence-electron chi connectivity index (χ2n) is 9.11. The zero-order valence-corrected chi connectivity index (χ0v) is 23.1. The van der Waals surface area contributed by atoms with Crippen LogP contribution in [0.2, 0.25) is 10.0 Å². The van der Waals surface area contributed by atoms with Gasteiger partial charge in [0.15, 0.2) is 12.4 Å². The molecule has 0 saturated carbocycles. The number of ether oxygens (including phenoxy) is 2. The first-order valence-corrected chi connectivity index (χ1v) is 13.4. The van der Waals surface area contributed by atoms with E-state index in [9.17, 15) is 19.2 Å². The van der Waals surface area contributed by atoms with Crippen LogP contribution in [-0.4, -0.2) is 36.8 Å². The standard InChI is InChI=1S/C30H27Cl2NO6/c1-3-18-6-5-7-19(4-2)28(18)33-16-21(14-27(33)35)29(36)38-17-26(34)20-8-11-23(12-9-20)39-30(37)24-13-10-22(31)15-25(24)32/h5-13,15,21H,3-4,14,16-17H2,1-2H3/t21-/m1/s1. The summed E-state index contributed by atoms with van der Waals surface area (Å²) in [5.74, 6) is -2.25. The lowest BCUT2D eigenvalue weighted by atomic mass is 10.0. The van der Waals surface area contributed by atoms with Gasteiger partial charge in [-0.2, -0.15) is 0 Å². The Hall–Kier alpha value is -3.68. The minimum absolute atomic E-state index is 0.0337. The number of Topliss-reactive ketones (excluding diaryl/α,β-unsaturated/α-hetero) is 1. The Morgan fingerprint density at radius 1 is 0.949 bits per heavy atom. The maximum Gasteiger partial charge on any atom is 0.345 e. The van der Waals surface area contributed by atoms with Gasteiger partial charge in [-0.3, -0.25) is 14.4 Å². The lowest BCUT2D eigenvalue weighted by Gasteiger charge is -2.23. The lowest BCUT2D eigenvalue weighted by molar-refractivity contribution is -0.147. The summed E-state index contributed by atoms with van der Waals surface area (Å²) < 4.78 is 10.6. The second kappa shape index (κ2) is 12.5. The van der Waals surface area contributed by atoms with Gasteiger partial charge in [-0.15, -0.1) is 0 Å². The van der Waals surface area contributed by atoms with Gasteiger partial charge in [0.1, 0.15) is 5.75 Å². The lowest BCUT2D eigenvalue weighted by Crippen LogP contribution is -2.29. The molecule has 0 unspecified atom stereocenters. The number of rotatable bonds is 9. The number of hydrogen-bond acceptors (Lipinski definition) is 6. The van der Waals surface area contributed by atoms with E-state index in [1.54, 1.807) is 4.90 Å². The zero-order chi connectivity index (χ0) is 28.1. The maximum atomic E-state index is 12.8. The summed E-state index contributed by atoms with van der Waals surface area (Å²) in [6.07, 6.45) is 1.57. The third-order valence-electron chi connectivity index (χ3n) is 6.58. The number of aryl methyl sites for hydroxylation is 2. The number of para-hydroxylation sites is 1. The summed E-state index contributed by atoms with van der Waals surface area (Å²) in [6.45, 7) is 3.81. The van der Waals surface area contributed by atoms with Crippen molar-refractivity contribution in [1.82, 2.24) is 0 Å². The third kappa shape index (κ3) is 6.49. The molecule has 0 bridgehead atoms. The van der Waals surface area contributed by atoms with E-state index in [1.165, 1.54) is 42.5 Å². The van der Waals surface area contributed by atoms with Crippen molar-refractivity contribution >= 4 is 52.5 Å². The number of anilines is 1. The minimum atomic E-state index is -0.669. The Morgan fingerprint density at radius 2 is 1.62 bits per heavy atom. The molecule has 202 valence electrons. The summed E-state index contributed by atoms with van der Waals surface area (Å²) >= 11 is 11.9. The first kappa shape index (κ1) is 28.3.